The molecule has 6 heteroatoms. The number of benzene rings is 1. The molecule has 1 aliphatic rings. The summed E-state index contributed by atoms with van der Waals surface area (Å²) in [5, 5.41) is 3.43. The highest BCUT2D eigenvalue weighted by molar-refractivity contribution is 5.95. The van der Waals surface area contributed by atoms with E-state index in [-0.39, 0.29) is 18.1 Å². The molecule has 0 bridgehead atoms. The molecule has 3 rings (SSSR count). The van der Waals surface area contributed by atoms with Gasteiger partial charge in [0.05, 0.1) is 25.5 Å². The number of aromatic nitrogens is 1. The van der Waals surface area contributed by atoms with Gasteiger partial charge in [-0.05, 0) is 76.5 Å². The number of rotatable bonds is 7. The fourth-order valence-corrected chi connectivity index (χ4v) is 3.66. The van der Waals surface area contributed by atoms with Crippen LogP contribution >= 0.6 is 0 Å². The topological polar surface area (TPSA) is 63.7 Å². The molecule has 0 aliphatic carbocycles. The van der Waals surface area contributed by atoms with Crippen LogP contribution in [0.5, 0.6) is 11.5 Å². The van der Waals surface area contributed by atoms with Crippen LogP contribution < -0.4 is 14.8 Å². The zero-order chi connectivity index (χ0) is 20.6. The molecule has 1 saturated heterocycles. The summed E-state index contributed by atoms with van der Waals surface area (Å²) in [6.07, 6.45) is 4.78. The maximum atomic E-state index is 13.5. The Bertz CT molecular complexity index is 787. The zero-order valence-electron chi connectivity index (χ0n) is 17.6. The smallest absolute Gasteiger partial charge is 0.254 e. The molecule has 0 saturated carbocycles. The Morgan fingerprint density at radius 2 is 2.07 bits per heavy atom. The van der Waals surface area contributed by atoms with Crippen molar-refractivity contribution < 1.29 is 14.3 Å². The fourth-order valence-electron chi connectivity index (χ4n) is 3.66. The molecule has 0 spiro atoms. The summed E-state index contributed by atoms with van der Waals surface area (Å²) in [6.45, 7) is 6.34. The summed E-state index contributed by atoms with van der Waals surface area (Å²) in [5.74, 6) is 1.22. The lowest BCUT2D eigenvalue weighted by atomic mass is 10.0. The van der Waals surface area contributed by atoms with Gasteiger partial charge in [-0.2, -0.15) is 0 Å². The summed E-state index contributed by atoms with van der Waals surface area (Å²) >= 11 is 0. The number of hydrogen-bond acceptors (Lipinski definition) is 5. The Morgan fingerprint density at radius 3 is 2.79 bits per heavy atom. The van der Waals surface area contributed by atoms with E-state index in [9.17, 15) is 4.79 Å². The predicted octanol–water partition coefficient (Wildman–Crippen LogP) is 3.66. The lowest BCUT2D eigenvalue weighted by Gasteiger charge is -2.31. The standard InChI is InChI=1S/C23H31N3O3/c1-17(2)29-21-10-9-18(15-22(21)28-3)23(27)26(16-19-7-4-5-13-25-19)20-8-6-12-24-14-11-20/h4-5,7,9-10,13,15,17,20,24H,6,8,11-12,14,16H2,1-3H3. The average Bonchev–Trinajstić information content (AvgIpc) is 3.01. The Morgan fingerprint density at radius 1 is 1.21 bits per heavy atom. The van der Waals surface area contributed by atoms with Crippen molar-refractivity contribution >= 4 is 5.91 Å². The lowest BCUT2D eigenvalue weighted by molar-refractivity contribution is 0.0642. The summed E-state index contributed by atoms with van der Waals surface area (Å²) in [5.41, 5.74) is 1.50. The Balaban J connectivity index is 1.88. The highest BCUT2D eigenvalue weighted by Crippen LogP contribution is 2.30. The second-order valence-corrected chi connectivity index (χ2v) is 7.62. The first-order valence-electron chi connectivity index (χ1n) is 10.3. The van der Waals surface area contributed by atoms with E-state index in [1.165, 1.54) is 0 Å². The van der Waals surface area contributed by atoms with Crippen molar-refractivity contribution in [1.82, 2.24) is 15.2 Å². The van der Waals surface area contributed by atoms with Gasteiger partial charge >= 0.3 is 0 Å². The van der Waals surface area contributed by atoms with Crippen LogP contribution in [0, 0.1) is 0 Å². The van der Waals surface area contributed by atoms with Crippen LogP contribution in [0.15, 0.2) is 42.6 Å². The van der Waals surface area contributed by atoms with E-state index in [0.29, 0.717) is 23.6 Å². The van der Waals surface area contributed by atoms with Gasteiger partial charge in [0.15, 0.2) is 11.5 Å². The Hall–Kier alpha value is -2.60. The van der Waals surface area contributed by atoms with Gasteiger partial charge in [0.1, 0.15) is 0 Å². The summed E-state index contributed by atoms with van der Waals surface area (Å²) in [4.78, 5) is 19.9. The van der Waals surface area contributed by atoms with Crippen LogP contribution in [-0.4, -0.2) is 48.1 Å². The van der Waals surface area contributed by atoms with Crippen LogP contribution in [0.25, 0.3) is 0 Å². The maximum Gasteiger partial charge on any atom is 0.254 e. The Kier molecular flexibility index (Phi) is 7.47. The van der Waals surface area contributed by atoms with Gasteiger partial charge < -0.3 is 19.7 Å². The summed E-state index contributed by atoms with van der Waals surface area (Å²) in [6, 6.07) is 11.4. The normalized spacial score (nSPS) is 16.9. The molecule has 0 radical (unpaired) electrons. The largest absolute Gasteiger partial charge is 0.493 e. The number of amides is 1. The molecule has 1 N–H and O–H groups in total. The summed E-state index contributed by atoms with van der Waals surface area (Å²) < 4.78 is 11.3. The van der Waals surface area contributed by atoms with E-state index in [2.05, 4.69) is 10.3 Å². The van der Waals surface area contributed by atoms with Gasteiger partial charge in [-0.3, -0.25) is 9.78 Å². The first-order chi connectivity index (χ1) is 14.1. The number of carbonyl (C=O) groups is 1. The van der Waals surface area contributed by atoms with E-state index >= 15 is 0 Å². The molecule has 1 aromatic heterocycles. The van der Waals surface area contributed by atoms with Crippen molar-refractivity contribution in [2.24, 2.45) is 0 Å². The van der Waals surface area contributed by atoms with E-state index in [1.54, 1.807) is 19.4 Å². The van der Waals surface area contributed by atoms with Crippen LogP contribution in [0.2, 0.25) is 0 Å². The molecule has 1 amide bonds. The molecular formula is C23H31N3O3. The van der Waals surface area contributed by atoms with E-state index in [0.717, 1.165) is 38.0 Å². The molecule has 156 valence electrons. The molecule has 1 fully saturated rings. The van der Waals surface area contributed by atoms with Crippen molar-refractivity contribution in [3.8, 4) is 11.5 Å². The van der Waals surface area contributed by atoms with Crippen molar-refractivity contribution in [1.29, 1.82) is 0 Å². The van der Waals surface area contributed by atoms with Gasteiger partial charge in [-0.1, -0.05) is 6.07 Å². The minimum Gasteiger partial charge on any atom is -0.493 e. The maximum absolute atomic E-state index is 13.5. The van der Waals surface area contributed by atoms with E-state index < -0.39 is 0 Å². The monoisotopic (exact) mass is 397 g/mol. The first-order valence-corrected chi connectivity index (χ1v) is 10.3. The van der Waals surface area contributed by atoms with Gasteiger partial charge in [0.25, 0.3) is 5.91 Å². The van der Waals surface area contributed by atoms with Crippen LogP contribution in [0.3, 0.4) is 0 Å². The number of hydrogen-bond donors (Lipinski definition) is 1. The molecule has 29 heavy (non-hydrogen) atoms. The summed E-state index contributed by atoms with van der Waals surface area (Å²) in [7, 11) is 1.60. The predicted molar refractivity (Wildman–Crippen MR) is 113 cm³/mol. The van der Waals surface area contributed by atoms with Gasteiger partial charge in [0.2, 0.25) is 0 Å². The first kappa shape index (κ1) is 21.1. The van der Waals surface area contributed by atoms with Gasteiger partial charge in [0, 0.05) is 17.8 Å². The van der Waals surface area contributed by atoms with Gasteiger partial charge in [-0.15, -0.1) is 0 Å². The highest BCUT2D eigenvalue weighted by atomic mass is 16.5. The average molecular weight is 398 g/mol. The minimum absolute atomic E-state index is 0.00282. The van der Waals surface area contributed by atoms with Crippen molar-refractivity contribution in [2.45, 2.75) is 51.8 Å². The quantitative estimate of drug-likeness (QED) is 0.772. The van der Waals surface area contributed by atoms with Crippen molar-refractivity contribution in [3.63, 3.8) is 0 Å². The number of carbonyl (C=O) groups excluding carboxylic acids is 1. The van der Waals surface area contributed by atoms with Gasteiger partial charge in [-0.25, -0.2) is 0 Å². The molecule has 2 aromatic rings. The second-order valence-electron chi connectivity index (χ2n) is 7.62. The molecule has 2 heterocycles. The zero-order valence-corrected chi connectivity index (χ0v) is 17.6. The minimum atomic E-state index is -0.00282. The molecule has 1 atom stereocenters. The number of methoxy groups -OCH3 is 1. The van der Waals surface area contributed by atoms with Crippen LogP contribution in [-0.2, 0) is 6.54 Å². The highest BCUT2D eigenvalue weighted by Gasteiger charge is 2.27. The molecule has 1 aromatic carbocycles. The van der Waals surface area contributed by atoms with E-state index in [4.69, 9.17) is 9.47 Å². The fraction of sp³-hybridized carbons (Fsp3) is 0.478. The second kappa shape index (κ2) is 10.3. The molecule has 1 unspecified atom stereocenters. The number of nitrogens with one attached hydrogen (secondary N) is 1. The van der Waals surface area contributed by atoms with E-state index in [1.807, 2.05) is 49.1 Å². The van der Waals surface area contributed by atoms with Crippen molar-refractivity contribution in [2.75, 3.05) is 20.2 Å². The molecule has 1 aliphatic heterocycles. The lowest BCUT2D eigenvalue weighted by Crippen LogP contribution is -2.40. The third-order valence-electron chi connectivity index (χ3n) is 5.08. The SMILES string of the molecule is COc1cc(C(=O)N(Cc2ccccn2)C2CCCNCC2)ccc1OC(C)C. The number of nitrogens with zero attached hydrogens (tertiary/aromatic N) is 2. The van der Waals surface area contributed by atoms with Crippen LogP contribution in [0.1, 0.15) is 49.2 Å². The van der Waals surface area contributed by atoms with Crippen LogP contribution in [0.4, 0.5) is 0 Å². The third-order valence-corrected chi connectivity index (χ3v) is 5.08. The number of ether oxygens (including phenoxy) is 2. The molecule has 6 nitrogen and oxygen atoms in total. The number of pyridine rings is 1. The van der Waals surface area contributed by atoms with Crippen molar-refractivity contribution in [3.05, 3.63) is 53.9 Å². The Labute approximate surface area is 173 Å². The molecular weight excluding hydrogens is 366 g/mol. The third kappa shape index (κ3) is 5.70.